The van der Waals surface area contributed by atoms with E-state index in [2.05, 4.69) is 20.4 Å². The number of aliphatic carboxylic acids is 1. The van der Waals surface area contributed by atoms with Gasteiger partial charge in [0, 0.05) is 37.5 Å². The Balaban J connectivity index is 1.28. The summed E-state index contributed by atoms with van der Waals surface area (Å²) < 4.78 is 60.9. The summed E-state index contributed by atoms with van der Waals surface area (Å²) in [6, 6.07) is 6.49. The molecule has 0 radical (unpaired) electrons. The highest BCUT2D eigenvalue weighted by atomic mass is 19.4. The van der Waals surface area contributed by atoms with E-state index in [1.807, 2.05) is 4.90 Å². The molecule has 0 bridgehead atoms. The summed E-state index contributed by atoms with van der Waals surface area (Å²) in [6.45, 7) is 3.22. The molecule has 234 valence electrons. The molecule has 1 spiro atoms. The highest BCUT2D eigenvalue weighted by Gasteiger charge is 2.46. The standard InChI is InChI=1S/C28H30F3N7O6/c1-15-4-7-38(36-15)19-10-16(20-13-42-26(41)43-20)2-3-17(19)23(28(29,30)31)44-22-11-21(34-25(32)35-22)37-8-5-27(6-9-37)12-18(24(39)40)33-14-27/h2-4,7,10-11,18,20,23,33H,5-6,8-9,12-14H2,1H3,(H,39,40)(H2,32,34,35). The Morgan fingerprint density at radius 1 is 1.23 bits per heavy atom. The average Bonchev–Trinajstić information content (AvgIpc) is 3.71. The number of carbonyl (C=O) groups is 2. The predicted octanol–water partition coefficient (Wildman–Crippen LogP) is 3.48. The molecule has 16 heteroatoms. The molecule has 3 atom stereocenters. The Morgan fingerprint density at radius 3 is 2.61 bits per heavy atom. The lowest BCUT2D eigenvalue weighted by molar-refractivity contribution is -0.198. The zero-order valence-electron chi connectivity index (χ0n) is 23.6. The van der Waals surface area contributed by atoms with Gasteiger partial charge in [-0.1, -0.05) is 12.1 Å². The Bertz CT molecular complexity index is 1570. The summed E-state index contributed by atoms with van der Waals surface area (Å²) in [6.07, 6.45) is -5.62. The van der Waals surface area contributed by atoms with Crippen molar-refractivity contribution in [2.75, 3.05) is 36.9 Å². The van der Waals surface area contributed by atoms with Gasteiger partial charge < -0.3 is 35.3 Å². The van der Waals surface area contributed by atoms with Gasteiger partial charge in [-0.05, 0) is 49.3 Å². The lowest BCUT2D eigenvalue weighted by Gasteiger charge is -2.39. The number of hydrogen-bond acceptors (Lipinski definition) is 11. The summed E-state index contributed by atoms with van der Waals surface area (Å²) in [5.41, 5.74) is 6.56. The van der Waals surface area contributed by atoms with Crippen LogP contribution in [0.2, 0.25) is 0 Å². The summed E-state index contributed by atoms with van der Waals surface area (Å²) in [5.74, 6) is -1.20. The number of nitrogens with two attached hydrogens (primary N) is 1. The van der Waals surface area contributed by atoms with Crippen LogP contribution in [0.15, 0.2) is 36.5 Å². The summed E-state index contributed by atoms with van der Waals surface area (Å²) in [5, 5.41) is 16.7. The van der Waals surface area contributed by atoms with Crippen molar-refractivity contribution in [2.45, 2.75) is 50.6 Å². The SMILES string of the molecule is Cc1ccn(-c2cc(C3COC(=O)O3)ccc2C(Oc2cc(N3CCC4(CC3)CNC(C(=O)O)C4)nc(N)n2)C(F)(F)F)n1. The number of carboxylic acid groups (broad SMARTS) is 1. The van der Waals surface area contributed by atoms with Gasteiger partial charge in [-0.2, -0.15) is 28.2 Å². The first-order valence-electron chi connectivity index (χ1n) is 14.0. The van der Waals surface area contributed by atoms with Gasteiger partial charge >= 0.3 is 18.3 Å². The molecule has 0 saturated carbocycles. The van der Waals surface area contributed by atoms with E-state index in [1.54, 1.807) is 13.0 Å². The first-order valence-corrected chi connectivity index (χ1v) is 14.0. The smallest absolute Gasteiger partial charge is 0.480 e. The van der Waals surface area contributed by atoms with Crippen LogP contribution in [-0.4, -0.2) is 75.4 Å². The fourth-order valence-corrected chi connectivity index (χ4v) is 5.99. The van der Waals surface area contributed by atoms with Crippen LogP contribution >= 0.6 is 0 Å². The summed E-state index contributed by atoms with van der Waals surface area (Å²) >= 11 is 0. The number of halogens is 3. The molecule has 3 aromatic rings. The molecule has 3 unspecified atom stereocenters. The molecule has 3 saturated heterocycles. The Kier molecular flexibility index (Phi) is 7.47. The number of nitrogen functional groups attached to an aromatic ring is 1. The Morgan fingerprint density at radius 2 is 2.00 bits per heavy atom. The van der Waals surface area contributed by atoms with Gasteiger partial charge in [0.25, 0.3) is 0 Å². The maximum Gasteiger partial charge on any atom is 0.509 e. The minimum absolute atomic E-state index is 0.0642. The quantitative estimate of drug-likeness (QED) is 0.331. The maximum absolute atomic E-state index is 14.7. The molecular formula is C28H30F3N7O6. The minimum Gasteiger partial charge on any atom is -0.480 e. The van der Waals surface area contributed by atoms with Crippen molar-refractivity contribution in [1.29, 1.82) is 0 Å². The van der Waals surface area contributed by atoms with E-state index < -0.39 is 36.6 Å². The number of carboxylic acids is 1. The zero-order valence-corrected chi connectivity index (χ0v) is 23.6. The first-order chi connectivity index (χ1) is 20.9. The van der Waals surface area contributed by atoms with Crippen LogP contribution in [0, 0.1) is 12.3 Å². The lowest BCUT2D eigenvalue weighted by atomic mass is 9.76. The van der Waals surface area contributed by atoms with Crippen LogP contribution in [0.5, 0.6) is 5.88 Å². The van der Waals surface area contributed by atoms with Gasteiger partial charge in [-0.25, -0.2) is 9.48 Å². The summed E-state index contributed by atoms with van der Waals surface area (Å²) in [4.78, 5) is 33.0. The number of ether oxygens (including phenoxy) is 3. The van der Waals surface area contributed by atoms with E-state index in [1.165, 1.54) is 35.1 Å². The van der Waals surface area contributed by atoms with Crippen LogP contribution in [0.1, 0.15) is 48.3 Å². The summed E-state index contributed by atoms with van der Waals surface area (Å²) in [7, 11) is 0. The fraction of sp³-hybridized carbons (Fsp3) is 0.464. The molecule has 3 aliphatic rings. The van der Waals surface area contributed by atoms with Crippen LogP contribution in [0.3, 0.4) is 0 Å². The van der Waals surface area contributed by atoms with E-state index in [-0.39, 0.29) is 35.1 Å². The number of hydrogen-bond donors (Lipinski definition) is 3. The third-order valence-electron chi connectivity index (χ3n) is 8.32. The Hall–Kier alpha value is -4.60. The van der Waals surface area contributed by atoms with Gasteiger partial charge in [-0.3, -0.25) is 4.79 Å². The highest BCUT2D eigenvalue weighted by molar-refractivity contribution is 5.74. The topological polar surface area (TPSA) is 167 Å². The molecule has 0 amide bonds. The molecule has 0 aliphatic carbocycles. The van der Waals surface area contributed by atoms with Crippen LogP contribution in [0.25, 0.3) is 5.69 Å². The van der Waals surface area contributed by atoms with E-state index in [9.17, 15) is 27.9 Å². The van der Waals surface area contributed by atoms with Crippen molar-refractivity contribution >= 4 is 23.9 Å². The average molecular weight is 618 g/mol. The monoisotopic (exact) mass is 617 g/mol. The van der Waals surface area contributed by atoms with Gasteiger partial charge in [0.15, 0.2) is 6.10 Å². The number of benzene rings is 1. The number of aryl methyl sites for hydroxylation is 1. The molecule has 44 heavy (non-hydrogen) atoms. The number of anilines is 2. The number of rotatable bonds is 7. The van der Waals surface area contributed by atoms with Crippen LogP contribution in [-0.2, 0) is 14.3 Å². The van der Waals surface area contributed by atoms with Gasteiger partial charge in [0.2, 0.25) is 17.9 Å². The van der Waals surface area contributed by atoms with Gasteiger partial charge in [-0.15, -0.1) is 0 Å². The minimum atomic E-state index is -4.88. The number of nitrogens with one attached hydrogen (secondary N) is 1. The molecule has 13 nitrogen and oxygen atoms in total. The molecule has 1 aromatic carbocycles. The molecule has 5 heterocycles. The van der Waals surface area contributed by atoms with Crippen molar-refractivity contribution < 1.29 is 42.1 Å². The predicted molar refractivity (Wildman–Crippen MR) is 147 cm³/mol. The third-order valence-corrected chi connectivity index (χ3v) is 8.32. The number of nitrogens with zero attached hydrogens (tertiary/aromatic N) is 5. The number of alkyl halides is 3. The number of piperidine rings is 1. The largest absolute Gasteiger partial charge is 0.509 e. The lowest BCUT2D eigenvalue weighted by Crippen LogP contribution is -2.41. The molecule has 2 aromatic heterocycles. The van der Waals surface area contributed by atoms with Crippen LogP contribution in [0.4, 0.5) is 29.7 Å². The first kappa shape index (κ1) is 29.5. The third kappa shape index (κ3) is 5.93. The Labute approximate surface area is 249 Å². The molecule has 3 aliphatic heterocycles. The van der Waals surface area contributed by atoms with Crippen molar-refractivity contribution in [3.05, 3.63) is 53.3 Å². The normalized spacial score (nSPS) is 22.1. The highest BCUT2D eigenvalue weighted by Crippen LogP contribution is 2.42. The molecule has 3 fully saturated rings. The van der Waals surface area contributed by atoms with Crippen LogP contribution < -0.4 is 20.7 Å². The van der Waals surface area contributed by atoms with Gasteiger partial charge in [0.05, 0.1) is 11.4 Å². The van der Waals surface area contributed by atoms with Crippen molar-refractivity contribution in [3.63, 3.8) is 0 Å². The fourth-order valence-electron chi connectivity index (χ4n) is 5.99. The second-order valence-corrected chi connectivity index (χ2v) is 11.3. The van der Waals surface area contributed by atoms with E-state index in [0.717, 1.165) is 0 Å². The number of aromatic nitrogens is 4. The molecular weight excluding hydrogens is 587 g/mol. The maximum atomic E-state index is 14.7. The zero-order chi connectivity index (χ0) is 31.2. The van der Waals surface area contributed by atoms with E-state index >= 15 is 0 Å². The van der Waals surface area contributed by atoms with E-state index in [4.69, 9.17) is 19.9 Å². The van der Waals surface area contributed by atoms with Gasteiger partial charge in [0.1, 0.15) is 18.5 Å². The van der Waals surface area contributed by atoms with Crippen molar-refractivity contribution in [3.8, 4) is 11.6 Å². The van der Waals surface area contributed by atoms with E-state index in [0.29, 0.717) is 56.0 Å². The second kappa shape index (κ2) is 11.2. The second-order valence-electron chi connectivity index (χ2n) is 11.3. The molecule has 6 rings (SSSR count). The number of cyclic esters (lactones) is 2. The number of carbonyl (C=O) groups excluding carboxylic acids is 1. The molecule has 4 N–H and O–H groups in total. The van der Waals surface area contributed by atoms with Crippen molar-refractivity contribution in [2.24, 2.45) is 5.41 Å². The van der Waals surface area contributed by atoms with Crippen molar-refractivity contribution in [1.82, 2.24) is 25.1 Å².